The van der Waals surface area contributed by atoms with Crippen LogP contribution in [0.2, 0.25) is 0 Å². The molecule has 180 valence electrons. The predicted molar refractivity (Wildman–Crippen MR) is 125 cm³/mol. The summed E-state index contributed by atoms with van der Waals surface area (Å²) in [4.78, 5) is 22.8. The molecular formula is C23H39N5O4. The van der Waals surface area contributed by atoms with E-state index < -0.39 is 5.60 Å². The number of rotatable bonds is 11. The quantitative estimate of drug-likeness (QED) is 0.304. The topological polar surface area (TPSA) is 97.3 Å². The highest BCUT2D eigenvalue weighted by molar-refractivity contribution is 5.79. The Kier molecular flexibility index (Phi) is 11.2. The Morgan fingerprint density at radius 3 is 2.72 bits per heavy atom. The van der Waals surface area contributed by atoms with Crippen LogP contribution < -0.4 is 10.6 Å². The van der Waals surface area contributed by atoms with Crippen LogP contribution in [-0.4, -0.2) is 80.1 Å². The molecule has 32 heavy (non-hydrogen) atoms. The third kappa shape index (κ3) is 10.8. The van der Waals surface area contributed by atoms with Gasteiger partial charge < -0.3 is 29.7 Å². The van der Waals surface area contributed by atoms with E-state index in [9.17, 15) is 4.79 Å². The van der Waals surface area contributed by atoms with Crippen LogP contribution in [0.1, 0.15) is 45.6 Å². The van der Waals surface area contributed by atoms with Crippen molar-refractivity contribution in [3.8, 4) is 0 Å². The third-order valence-electron chi connectivity index (χ3n) is 4.72. The second kappa shape index (κ2) is 13.9. The van der Waals surface area contributed by atoms with Crippen LogP contribution in [-0.2, 0) is 20.8 Å². The van der Waals surface area contributed by atoms with Crippen molar-refractivity contribution in [2.24, 2.45) is 4.99 Å². The second-order valence-corrected chi connectivity index (χ2v) is 8.75. The number of guanidine groups is 1. The van der Waals surface area contributed by atoms with Crippen molar-refractivity contribution in [1.82, 2.24) is 20.5 Å². The van der Waals surface area contributed by atoms with E-state index in [0.717, 1.165) is 43.9 Å². The van der Waals surface area contributed by atoms with Gasteiger partial charge in [-0.1, -0.05) is 6.07 Å². The summed E-state index contributed by atoms with van der Waals surface area (Å²) in [6.07, 6.45) is 6.05. The van der Waals surface area contributed by atoms with Crippen molar-refractivity contribution in [3.05, 3.63) is 30.1 Å². The molecule has 0 spiro atoms. The number of nitrogens with one attached hydrogen (secondary N) is 2. The third-order valence-corrected chi connectivity index (χ3v) is 4.72. The van der Waals surface area contributed by atoms with Gasteiger partial charge in [0, 0.05) is 52.3 Å². The van der Waals surface area contributed by atoms with Gasteiger partial charge in [-0.25, -0.2) is 4.79 Å². The van der Waals surface area contributed by atoms with Gasteiger partial charge in [-0.2, -0.15) is 0 Å². The molecule has 2 rings (SSSR count). The molecule has 1 saturated heterocycles. The van der Waals surface area contributed by atoms with Crippen molar-refractivity contribution in [2.75, 3.05) is 46.5 Å². The highest BCUT2D eigenvalue weighted by Crippen LogP contribution is 2.13. The van der Waals surface area contributed by atoms with E-state index >= 15 is 0 Å². The van der Waals surface area contributed by atoms with E-state index in [-0.39, 0.29) is 12.2 Å². The molecule has 9 nitrogen and oxygen atoms in total. The number of amides is 1. The van der Waals surface area contributed by atoms with Gasteiger partial charge in [-0.3, -0.25) is 9.98 Å². The molecule has 0 aliphatic carbocycles. The van der Waals surface area contributed by atoms with Crippen LogP contribution in [0.5, 0.6) is 0 Å². The lowest BCUT2D eigenvalue weighted by Crippen LogP contribution is -2.41. The number of hydrogen-bond acceptors (Lipinski definition) is 6. The van der Waals surface area contributed by atoms with E-state index in [0.29, 0.717) is 32.8 Å². The minimum absolute atomic E-state index is 0.243. The first-order valence-electron chi connectivity index (χ1n) is 11.4. The number of aliphatic imine (C=N–C) groups is 1. The zero-order chi connectivity index (χ0) is 23.2. The molecule has 9 heteroatoms. The van der Waals surface area contributed by atoms with Crippen molar-refractivity contribution < 1.29 is 19.0 Å². The summed E-state index contributed by atoms with van der Waals surface area (Å²) in [5.41, 5.74) is 0.429. The minimum atomic E-state index is -0.539. The first-order valence-corrected chi connectivity index (χ1v) is 11.4. The summed E-state index contributed by atoms with van der Waals surface area (Å²) in [5, 5.41) is 6.59. The van der Waals surface area contributed by atoms with Crippen LogP contribution >= 0.6 is 0 Å². The highest BCUT2D eigenvalue weighted by atomic mass is 16.6. The molecule has 0 bridgehead atoms. The van der Waals surface area contributed by atoms with E-state index in [1.54, 1.807) is 24.3 Å². The van der Waals surface area contributed by atoms with Gasteiger partial charge in [0.25, 0.3) is 0 Å². The molecule has 2 heterocycles. The summed E-state index contributed by atoms with van der Waals surface area (Å²) < 4.78 is 16.7. The largest absolute Gasteiger partial charge is 0.444 e. The number of ether oxygens (including phenoxy) is 3. The molecule has 1 aliphatic heterocycles. The van der Waals surface area contributed by atoms with Crippen molar-refractivity contribution >= 4 is 12.1 Å². The average Bonchev–Trinajstić information content (AvgIpc) is 3.27. The van der Waals surface area contributed by atoms with Crippen LogP contribution in [0.15, 0.2) is 29.5 Å². The smallest absolute Gasteiger partial charge is 0.410 e. The fourth-order valence-electron chi connectivity index (χ4n) is 3.14. The Bertz CT molecular complexity index is 687. The Hall–Kier alpha value is -2.39. The molecule has 1 atom stereocenters. The summed E-state index contributed by atoms with van der Waals surface area (Å²) in [7, 11) is 1.75. The average molecular weight is 450 g/mol. The minimum Gasteiger partial charge on any atom is -0.444 e. The molecule has 1 unspecified atom stereocenters. The summed E-state index contributed by atoms with van der Waals surface area (Å²) in [5.74, 6) is 0.741. The van der Waals surface area contributed by atoms with Gasteiger partial charge in [0.2, 0.25) is 0 Å². The second-order valence-electron chi connectivity index (χ2n) is 8.75. The Balaban J connectivity index is 1.69. The molecule has 2 N–H and O–H groups in total. The van der Waals surface area contributed by atoms with E-state index in [4.69, 9.17) is 14.2 Å². The normalized spacial score (nSPS) is 16.6. The number of aromatic nitrogens is 1. The zero-order valence-corrected chi connectivity index (χ0v) is 19.9. The van der Waals surface area contributed by atoms with Crippen LogP contribution in [0.4, 0.5) is 4.79 Å². The molecule has 1 aromatic rings. The lowest BCUT2D eigenvalue weighted by molar-refractivity contribution is 0.0232. The molecular weight excluding hydrogens is 410 g/mol. The van der Waals surface area contributed by atoms with E-state index in [1.807, 2.05) is 32.9 Å². The van der Waals surface area contributed by atoms with Crippen molar-refractivity contribution in [3.63, 3.8) is 0 Å². The van der Waals surface area contributed by atoms with Crippen molar-refractivity contribution in [2.45, 2.75) is 58.3 Å². The first kappa shape index (κ1) is 25.9. The molecule has 0 saturated carbocycles. The van der Waals surface area contributed by atoms with Crippen LogP contribution in [0.3, 0.4) is 0 Å². The lowest BCUT2D eigenvalue weighted by atomic mass is 10.2. The van der Waals surface area contributed by atoms with Gasteiger partial charge in [0.05, 0.1) is 19.3 Å². The van der Waals surface area contributed by atoms with Crippen LogP contribution in [0, 0.1) is 0 Å². The van der Waals surface area contributed by atoms with Gasteiger partial charge in [-0.15, -0.1) is 0 Å². The zero-order valence-electron chi connectivity index (χ0n) is 19.9. The van der Waals surface area contributed by atoms with Crippen LogP contribution in [0.25, 0.3) is 0 Å². The number of carbonyl (C=O) groups excluding carboxylic acids is 1. The maximum atomic E-state index is 12.7. The maximum Gasteiger partial charge on any atom is 0.410 e. The molecule has 1 fully saturated rings. The van der Waals surface area contributed by atoms with E-state index in [2.05, 4.69) is 20.6 Å². The first-order chi connectivity index (χ1) is 15.4. The molecule has 1 aliphatic rings. The number of carbonyl (C=O) groups is 1. The number of nitrogens with zero attached hydrogens (tertiary/aromatic N) is 3. The fraction of sp³-hybridized carbons (Fsp3) is 0.696. The van der Waals surface area contributed by atoms with E-state index in [1.165, 1.54) is 0 Å². The summed E-state index contributed by atoms with van der Waals surface area (Å²) >= 11 is 0. The van der Waals surface area contributed by atoms with Gasteiger partial charge >= 0.3 is 6.09 Å². The van der Waals surface area contributed by atoms with Gasteiger partial charge in [-0.05, 0) is 51.7 Å². The molecule has 0 aromatic carbocycles. The number of hydrogen-bond donors (Lipinski definition) is 2. The predicted octanol–water partition coefficient (Wildman–Crippen LogP) is 2.57. The summed E-state index contributed by atoms with van der Waals surface area (Å²) in [6.45, 7) is 10.3. The van der Waals surface area contributed by atoms with Gasteiger partial charge in [0.15, 0.2) is 5.96 Å². The monoisotopic (exact) mass is 449 g/mol. The molecule has 0 radical (unpaired) electrons. The fourth-order valence-corrected chi connectivity index (χ4v) is 3.14. The SMILES string of the molecule is CN=C(NCCCOC1CCOC1)NCCCN(Cc1cccnc1)C(=O)OC(C)(C)C. The summed E-state index contributed by atoms with van der Waals surface area (Å²) in [6, 6.07) is 3.82. The highest BCUT2D eigenvalue weighted by Gasteiger charge is 2.22. The van der Waals surface area contributed by atoms with Gasteiger partial charge in [0.1, 0.15) is 5.60 Å². The molecule has 1 amide bonds. The Morgan fingerprint density at radius 2 is 2.09 bits per heavy atom. The Labute approximate surface area is 191 Å². The van der Waals surface area contributed by atoms with Crippen molar-refractivity contribution in [1.29, 1.82) is 0 Å². The lowest BCUT2D eigenvalue weighted by Gasteiger charge is -2.27. The number of pyridine rings is 1. The Morgan fingerprint density at radius 1 is 1.31 bits per heavy atom. The standard InChI is InChI=1S/C23H39N5O4/c1-23(2,3)32-22(29)28(17-19-8-5-10-25-16-19)13-6-11-26-21(24-4)27-12-7-14-31-20-9-15-30-18-20/h5,8,10,16,20H,6-7,9,11-15,17-18H2,1-4H3,(H2,24,26,27). The maximum absolute atomic E-state index is 12.7. The molecule has 1 aromatic heterocycles.